The fourth-order valence-electron chi connectivity index (χ4n) is 1.91. The van der Waals surface area contributed by atoms with Crippen molar-refractivity contribution in [3.8, 4) is 5.75 Å². The van der Waals surface area contributed by atoms with Crippen LogP contribution in [-0.2, 0) is 6.54 Å². The molecule has 1 amide bonds. The van der Waals surface area contributed by atoms with Gasteiger partial charge in [-0.25, -0.2) is 0 Å². The number of aryl methyl sites for hydroxylation is 1. The monoisotopic (exact) mass is 286 g/mol. The van der Waals surface area contributed by atoms with Crippen LogP contribution in [0, 0.1) is 17.0 Å². The van der Waals surface area contributed by atoms with Gasteiger partial charge in [-0.1, -0.05) is 12.1 Å². The Morgan fingerprint density at radius 2 is 1.90 bits per heavy atom. The molecule has 0 saturated heterocycles. The molecule has 2 aromatic carbocycles. The van der Waals surface area contributed by atoms with E-state index in [1.54, 1.807) is 31.2 Å². The van der Waals surface area contributed by atoms with E-state index in [1.165, 1.54) is 18.2 Å². The quantitative estimate of drug-likeness (QED) is 0.667. The number of hydrogen-bond acceptors (Lipinski definition) is 4. The van der Waals surface area contributed by atoms with Gasteiger partial charge < -0.3 is 10.4 Å². The van der Waals surface area contributed by atoms with Crippen molar-refractivity contribution in [3.05, 3.63) is 69.3 Å². The Labute approximate surface area is 121 Å². The maximum absolute atomic E-state index is 12.1. The largest absolute Gasteiger partial charge is 0.508 e. The van der Waals surface area contributed by atoms with Crippen LogP contribution in [0.3, 0.4) is 0 Å². The summed E-state index contributed by atoms with van der Waals surface area (Å²) in [6.07, 6.45) is 0. The first-order valence-electron chi connectivity index (χ1n) is 6.28. The molecule has 0 unspecified atom stereocenters. The zero-order valence-electron chi connectivity index (χ0n) is 11.4. The van der Waals surface area contributed by atoms with Crippen LogP contribution in [0.15, 0.2) is 42.5 Å². The van der Waals surface area contributed by atoms with Crippen LogP contribution >= 0.6 is 0 Å². The molecule has 0 bridgehead atoms. The number of phenols is 1. The minimum Gasteiger partial charge on any atom is -0.508 e. The maximum atomic E-state index is 12.1. The normalized spacial score (nSPS) is 10.1. The van der Waals surface area contributed by atoms with Gasteiger partial charge in [-0.05, 0) is 36.2 Å². The van der Waals surface area contributed by atoms with Gasteiger partial charge in [0.15, 0.2) is 0 Å². The number of nitro benzene ring substituents is 1. The summed E-state index contributed by atoms with van der Waals surface area (Å²) >= 11 is 0. The summed E-state index contributed by atoms with van der Waals surface area (Å²) < 4.78 is 0. The van der Waals surface area contributed by atoms with E-state index in [9.17, 15) is 20.0 Å². The fourth-order valence-corrected chi connectivity index (χ4v) is 1.91. The molecule has 0 heterocycles. The van der Waals surface area contributed by atoms with Gasteiger partial charge in [-0.2, -0.15) is 0 Å². The van der Waals surface area contributed by atoms with Crippen molar-refractivity contribution in [2.24, 2.45) is 0 Å². The molecule has 2 rings (SSSR count). The predicted molar refractivity (Wildman–Crippen MR) is 77.1 cm³/mol. The Morgan fingerprint density at radius 1 is 1.24 bits per heavy atom. The fraction of sp³-hybridized carbons (Fsp3) is 0.133. The van der Waals surface area contributed by atoms with Gasteiger partial charge in [0.2, 0.25) is 0 Å². The molecule has 0 aliphatic heterocycles. The first-order valence-corrected chi connectivity index (χ1v) is 6.28. The van der Waals surface area contributed by atoms with Gasteiger partial charge >= 0.3 is 0 Å². The van der Waals surface area contributed by atoms with E-state index in [2.05, 4.69) is 5.32 Å². The van der Waals surface area contributed by atoms with Crippen molar-refractivity contribution in [1.29, 1.82) is 0 Å². The Kier molecular flexibility index (Phi) is 4.18. The standard InChI is InChI=1S/C15H14N2O4/c1-10-8-12(17(20)21)4-7-14(10)15(19)16-9-11-2-5-13(18)6-3-11/h2-8,18H,9H2,1H3,(H,16,19). The van der Waals surface area contributed by atoms with Gasteiger partial charge in [-0.3, -0.25) is 14.9 Å². The van der Waals surface area contributed by atoms with Crippen LogP contribution in [0.4, 0.5) is 5.69 Å². The molecule has 0 atom stereocenters. The van der Waals surface area contributed by atoms with Gasteiger partial charge in [0.25, 0.3) is 11.6 Å². The van der Waals surface area contributed by atoms with E-state index in [4.69, 9.17) is 0 Å². The molecule has 0 radical (unpaired) electrons. The first kappa shape index (κ1) is 14.5. The topological polar surface area (TPSA) is 92.5 Å². The van der Waals surface area contributed by atoms with Crippen LogP contribution < -0.4 is 5.32 Å². The summed E-state index contributed by atoms with van der Waals surface area (Å²) in [7, 11) is 0. The first-order chi connectivity index (χ1) is 9.97. The molecule has 0 spiro atoms. The van der Waals surface area contributed by atoms with Crippen LogP contribution in [-0.4, -0.2) is 15.9 Å². The van der Waals surface area contributed by atoms with Crippen LogP contribution in [0.5, 0.6) is 5.75 Å². The second-order valence-corrected chi connectivity index (χ2v) is 4.61. The number of nitrogens with one attached hydrogen (secondary N) is 1. The van der Waals surface area contributed by atoms with Crippen molar-refractivity contribution in [1.82, 2.24) is 5.32 Å². The minimum atomic E-state index is -0.495. The van der Waals surface area contributed by atoms with E-state index in [0.29, 0.717) is 17.7 Å². The second kappa shape index (κ2) is 6.04. The number of amides is 1. The van der Waals surface area contributed by atoms with Gasteiger partial charge in [0, 0.05) is 24.2 Å². The van der Waals surface area contributed by atoms with Crippen molar-refractivity contribution in [2.45, 2.75) is 13.5 Å². The number of benzene rings is 2. The molecule has 6 nitrogen and oxygen atoms in total. The number of non-ortho nitro benzene ring substituents is 1. The predicted octanol–water partition coefficient (Wildman–Crippen LogP) is 2.54. The zero-order chi connectivity index (χ0) is 15.4. The number of hydrogen-bond donors (Lipinski definition) is 2. The molecule has 0 saturated carbocycles. The Morgan fingerprint density at radius 3 is 2.48 bits per heavy atom. The molecule has 108 valence electrons. The van der Waals surface area contributed by atoms with Gasteiger partial charge in [0.05, 0.1) is 4.92 Å². The molecular weight excluding hydrogens is 272 g/mol. The number of carbonyl (C=O) groups is 1. The Hall–Kier alpha value is -2.89. The van der Waals surface area contributed by atoms with Crippen LogP contribution in [0.2, 0.25) is 0 Å². The molecule has 2 N–H and O–H groups in total. The van der Waals surface area contributed by atoms with Crippen LogP contribution in [0.25, 0.3) is 0 Å². The lowest BCUT2D eigenvalue weighted by Gasteiger charge is -2.08. The maximum Gasteiger partial charge on any atom is 0.269 e. The van der Waals surface area contributed by atoms with E-state index in [1.807, 2.05) is 0 Å². The number of aromatic hydroxyl groups is 1. The van der Waals surface area contributed by atoms with Gasteiger partial charge in [0.1, 0.15) is 5.75 Å². The third-order valence-electron chi connectivity index (χ3n) is 3.05. The molecular formula is C15H14N2O4. The summed E-state index contributed by atoms with van der Waals surface area (Å²) in [6.45, 7) is 1.97. The lowest BCUT2D eigenvalue weighted by atomic mass is 10.1. The summed E-state index contributed by atoms with van der Waals surface area (Å²) in [5.41, 5.74) is 1.76. The van der Waals surface area contributed by atoms with E-state index in [-0.39, 0.29) is 17.3 Å². The summed E-state index contributed by atoms with van der Waals surface area (Å²) in [5, 5.41) is 22.6. The Balaban J connectivity index is 2.06. The number of phenolic OH excluding ortho intramolecular Hbond substituents is 1. The molecule has 6 heteroatoms. The highest BCUT2D eigenvalue weighted by molar-refractivity contribution is 5.95. The number of nitrogens with zero attached hydrogens (tertiary/aromatic N) is 1. The van der Waals surface area contributed by atoms with Crippen molar-refractivity contribution in [3.63, 3.8) is 0 Å². The van der Waals surface area contributed by atoms with Crippen molar-refractivity contribution < 1.29 is 14.8 Å². The zero-order valence-corrected chi connectivity index (χ0v) is 11.4. The summed E-state index contributed by atoms with van der Waals surface area (Å²) in [4.78, 5) is 22.2. The van der Waals surface area contributed by atoms with E-state index < -0.39 is 4.92 Å². The molecule has 0 aliphatic rings. The third-order valence-corrected chi connectivity index (χ3v) is 3.05. The van der Waals surface area contributed by atoms with Crippen molar-refractivity contribution >= 4 is 11.6 Å². The van der Waals surface area contributed by atoms with E-state index in [0.717, 1.165) is 5.56 Å². The highest BCUT2D eigenvalue weighted by Crippen LogP contribution is 2.17. The lowest BCUT2D eigenvalue weighted by molar-refractivity contribution is -0.384. The molecule has 0 aliphatic carbocycles. The summed E-state index contributed by atoms with van der Waals surface area (Å²) in [5.74, 6) is -0.133. The second-order valence-electron chi connectivity index (χ2n) is 4.61. The number of carbonyl (C=O) groups excluding carboxylic acids is 1. The molecule has 0 fully saturated rings. The average molecular weight is 286 g/mol. The molecule has 21 heavy (non-hydrogen) atoms. The van der Waals surface area contributed by atoms with Crippen molar-refractivity contribution in [2.75, 3.05) is 0 Å². The Bertz CT molecular complexity index is 681. The molecule has 2 aromatic rings. The van der Waals surface area contributed by atoms with Gasteiger partial charge in [-0.15, -0.1) is 0 Å². The third kappa shape index (κ3) is 3.56. The number of nitro groups is 1. The van der Waals surface area contributed by atoms with E-state index >= 15 is 0 Å². The van der Waals surface area contributed by atoms with Crippen LogP contribution in [0.1, 0.15) is 21.5 Å². The molecule has 0 aromatic heterocycles. The average Bonchev–Trinajstić information content (AvgIpc) is 2.46. The highest BCUT2D eigenvalue weighted by Gasteiger charge is 2.13. The SMILES string of the molecule is Cc1cc([N+](=O)[O-])ccc1C(=O)NCc1ccc(O)cc1. The highest BCUT2D eigenvalue weighted by atomic mass is 16.6. The number of rotatable bonds is 4. The summed E-state index contributed by atoms with van der Waals surface area (Å²) in [6, 6.07) is 10.6. The lowest BCUT2D eigenvalue weighted by Crippen LogP contribution is -2.23. The minimum absolute atomic E-state index is 0.0393. The smallest absolute Gasteiger partial charge is 0.269 e.